The highest BCUT2D eigenvalue weighted by Gasteiger charge is 2.55. The summed E-state index contributed by atoms with van der Waals surface area (Å²) < 4.78 is 0. The van der Waals surface area contributed by atoms with Crippen LogP contribution in [0.2, 0.25) is 0 Å². The zero-order chi connectivity index (χ0) is 19.2. The summed E-state index contributed by atoms with van der Waals surface area (Å²) in [5, 5.41) is 9.55. The number of fused-ring (bicyclic) bond motifs is 1. The summed E-state index contributed by atoms with van der Waals surface area (Å²) in [6.45, 7) is 0.831. The standard InChI is InChI=1S/C19H20N4O4/c1-22-16(24)11-13(18(26)27)19(22)4-8-23(9-5-19)17(25)12-2-3-14-15(10-12)21-7-6-20-14/h2-3,6-7,10,13H,4-5,8-9,11H2,1H3,(H,26,27)/t13-/m0/s1. The topological polar surface area (TPSA) is 104 Å². The number of piperidine rings is 1. The normalized spacial score (nSPS) is 21.8. The Hall–Kier alpha value is -3.03. The molecule has 2 fully saturated rings. The Morgan fingerprint density at radius 3 is 2.48 bits per heavy atom. The number of hydrogen-bond donors (Lipinski definition) is 1. The number of hydrogen-bond acceptors (Lipinski definition) is 5. The predicted molar refractivity (Wildman–Crippen MR) is 95.9 cm³/mol. The summed E-state index contributed by atoms with van der Waals surface area (Å²) >= 11 is 0. The first-order chi connectivity index (χ1) is 12.9. The molecule has 1 spiro atoms. The lowest BCUT2D eigenvalue weighted by Crippen LogP contribution is -2.56. The number of aliphatic carboxylic acids is 1. The van der Waals surface area contributed by atoms with Crippen molar-refractivity contribution in [3.8, 4) is 0 Å². The van der Waals surface area contributed by atoms with Crippen molar-refractivity contribution in [3.63, 3.8) is 0 Å². The van der Waals surface area contributed by atoms with Gasteiger partial charge in [-0.25, -0.2) is 0 Å². The van der Waals surface area contributed by atoms with Crippen molar-refractivity contribution in [2.75, 3.05) is 20.1 Å². The number of carbonyl (C=O) groups excluding carboxylic acids is 2. The van der Waals surface area contributed by atoms with E-state index in [0.717, 1.165) is 5.52 Å². The van der Waals surface area contributed by atoms with Gasteiger partial charge >= 0.3 is 5.97 Å². The number of rotatable bonds is 2. The van der Waals surface area contributed by atoms with Crippen molar-refractivity contribution in [1.82, 2.24) is 19.8 Å². The van der Waals surface area contributed by atoms with Gasteiger partial charge in [0.1, 0.15) is 0 Å². The maximum atomic E-state index is 12.9. The average molecular weight is 368 g/mol. The lowest BCUT2D eigenvalue weighted by atomic mass is 9.77. The summed E-state index contributed by atoms with van der Waals surface area (Å²) in [4.78, 5) is 48.4. The van der Waals surface area contributed by atoms with E-state index in [9.17, 15) is 19.5 Å². The molecule has 2 aliphatic heterocycles. The molecule has 0 unspecified atom stereocenters. The Kier molecular flexibility index (Phi) is 4.05. The van der Waals surface area contributed by atoms with E-state index < -0.39 is 17.4 Å². The number of aromatic nitrogens is 2. The summed E-state index contributed by atoms with van der Waals surface area (Å²) in [6.07, 6.45) is 4.15. The van der Waals surface area contributed by atoms with E-state index in [2.05, 4.69) is 9.97 Å². The molecule has 8 heteroatoms. The van der Waals surface area contributed by atoms with Gasteiger partial charge in [0.2, 0.25) is 5.91 Å². The van der Waals surface area contributed by atoms with Gasteiger partial charge in [-0.15, -0.1) is 0 Å². The third kappa shape index (κ3) is 2.72. The molecule has 140 valence electrons. The van der Waals surface area contributed by atoms with Gasteiger partial charge in [0, 0.05) is 44.5 Å². The number of carboxylic acids is 1. The molecule has 0 bridgehead atoms. The Morgan fingerprint density at radius 2 is 1.81 bits per heavy atom. The van der Waals surface area contributed by atoms with Crippen LogP contribution in [0.1, 0.15) is 29.6 Å². The zero-order valence-electron chi connectivity index (χ0n) is 15.0. The Morgan fingerprint density at radius 1 is 1.15 bits per heavy atom. The molecule has 2 aromatic rings. The second-order valence-corrected chi connectivity index (χ2v) is 7.20. The van der Waals surface area contributed by atoms with Crippen molar-refractivity contribution >= 4 is 28.8 Å². The number of amides is 2. The van der Waals surface area contributed by atoms with Crippen LogP contribution >= 0.6 is 0 Å². The number of carboxylic acid groups (broad SMARTS) is 1. The fourth-order valence-corrected chi connectivity index (χ4v) is 4.36. The van der Waals surface area contributed by atoms with E-state index in [4.69, 9.17) is 0 Å². The van der Waals surface area contributed by atoms with Crippen LogP contribution in [-0.2, 0) is 9.59 Å². The van der Waals surface area contributed by atoms with Crippen molar-refractivity contribution < 1.29 is 19.5 Å². The minimum Gasteiger partial charge on any atom is -0.481 e. The Bertz CT molecular complexity index is 936. The van der Waals surface area contributed by atoms with Crippen LogP contribution in [0.3, 0.4) is 0 Å². The molecule has 1 aromatic carbocycles. The van der Waals surface area contributed by atoms with Gasteiger partial charge in [0.15, 0.2) is 0 Å². The summed E-state index contributed by atoms with van der Waals surface area (Å²) in [7, 11) is 1.67. The fraction of sp³-hybridized carbons (Fsp3) is 0.421. The molecule has 4 rings (SSSR count). The smallest absolute Gasteiger partial charge is 0.309 e. The molecule has 8 nitrogen and oxygen atoms in total. The first-order valence-electron chi connectivity index (χ1n) is 8.92. The third-order valence-electron chi connectivity index (χ3n) is 6.00. The van der Waals surface area contributed by atoms with Gasteiger partial charge in [-0.05, 0) is 31.0 Å². The SMILES string of the molecule is CN1C(=O)C[C@@H](C(=O)O)C12CCN(C(=O)c1ccc3nccnc3c1)CC2. The Labute approximate surface area is 155 Å². The van der Waals surface area contributed by atoms with Gasteiger partial charge in [-0.3, -0.25) is 24.4 Å². The van der Waals surface area contributed by atoms with Crippen molar-refractivity contribution in [2.45, 2.75) is 24.8 Å². The first kappa shape index (κ1) is 17.4. The molecular weight excluding hydrogens is 348 g/mol. The molecule has 2 aliphatic rings. The molecule has 3 heterocycles. The van der Waals surface area contributed by atoms with Crippen LogP contribution in [-0.4, -0.2) is 68.3 Å². The summed E-state index contributed by atoms with van der Waals surface area (Å²) in [5.41, 5.74) is 1.21. The Balaban J connectivity index is 1.53. The molecule has 0 aliphatic carbocycles. The van der Waals surface area contributed by atoms with Gasteiger partial charge in [0.05, 0.1) is 22.5 Å². The minimum atomic E-state index is -0.944. The number of nitrogens with zero attached hydrogens (tertiary/aromatic N) is 4. The van der Waals surface area contributed by atoms with Crippen LogP contribution in [0.4, 0.5) is 0 Å². The molecule has 1 aromatic heterocycles. The van der Waals surface area contributed by atoms with Crippen LogP contribution in [0.5, 0.6) is 0 Å². The zero-order valence-corrected chi connectivity index (χ0v) is 15.0. The van der Waals surface area contributed by atoms with Crippen molar-refractivity contribution in [2.24, 2.45) is 5.92 Å². The van der Waals surface area contributed by atoms with Crippen LogP contribution in [0.15, 0.2) is 30.6 Å². The molecule has 1 atom stereocenters. The van der Waals surface area contributed by atoms with E-state index >= 15 is 0 Å². The number of likely N-dealkylation sites (tertiary alicyclic amines) is 2. The van der Waals surface area contributed by atoms with E-state index in [-0.39, 0.29) is 18.2 Å². The fourth-order valence-electron chi connectivity index (χ4n) is 4.36. The van der Waals surface area contributed by atoms with Gasteiger partial charge in [-0.1, -0.05) is 0 Å². The van der Waals surface area contributed by atoms with Crippen LogP contribution < -0.4 is 0 Å². The maximum Gasteiger partial charge on any atom is 0.309 e. The van der Waals surface area contributed by atoms with Gasteiger partial charge < -0.3 is 14.9 Å². The third-order valence-corrected chi connectivity index (χ3v) is 6.00. The highest BCUT2D eigenvalue weighted by Crippen LogP contribution is 2.43. The van der Waals surface area contributed by atoms with Crippen LogP contribution in [0.25, 0.3) is 11.0 Å². The van der Waals surface area contributed by atoms with Crippen LogP contribution in [0, 0.1) is 5.92 Å². The lowest BCUT2D eigenvalue weighted by Gasteiger charge is -2.45. The van der Waals surface area contributed by atoms with Gasteiger partial charge in [-0.2, -0.15) is 0 Å². The van der Waals surface area contributed by atoms with Crippen molar-refractivity contribution in [1.29, 1.82) is 0 Å². The average Bonchev–Trinajstić information content (AvgIpc) is 2.93. The summed E-state index contributed by atoms with van der Waals surface area (Å²) in [6, 6.07) is 5.22. The molecule has 1 N–H and O–H groups in total. The maximum absolute atomic E-state index is 12.9. The highest BCUT2D eigenvalue weighted by molar-refractivity contribution is 5.97. The van der Waals surface area contributed by atoms with E-state index in [1.807, 2.05) is 0 Å². The molecule has 0 radical (unpaired) electrons. The molecule has 27 heavy (non-hydrogen) atoms. The number of carbonyl (C=O) groups is 3. The molecule has 0 saturated carbocycles. The van der Waals surface area contributed by atoms with E-state index in [1.54, 1.807) is 47.4 Å². The second kappa shape index (κ2) is 6.29. The second-order valence-electron chi connectivity index (χ2n) is 7.20. The van der Waals surface area contributed by atoms with E-state index in [1.165, 1.54) is 0 Å². The summed E-state index contributed by atoms with van der Waals surface area (Å²) in [5.74, 6) is -1.92. The number of benzene rings is 1. The van der Waals surface area contributed by atoms with Gasteiger partial charge in [0.25, 0.3) is 5.91 Å². The molecular formula is C19H20N4O4. The molecule has 2 saturated heterocycles. The quantitative estimate of drug-likeness (QED) is 0.853. The first-order valence-corrected chi connectivity index (χ1v) is 8.92. The van der Waals surface area contributed by atoms with E-state index in [0.29, 0.717) is 37.0 Å². The largest absolute Gasteiger partial charge is 0.481 e. The monoisotopic (exact) mass is 368 g/mol. The lowest BCUT2D eigenvalue weighted by molar-refractivity contribution is -0.145. The molecule has 2 amide bonds. The van der Waals surface area contributed by atoms with Crippen molar-refractivity contribution in [3.05, 3.63) is 36.2 Å². The predicted octanol–water partition coefficient (Wildman–Crippen LogP) is 1.17. The highest BCUT2D eigenvalue weighted by atomic mass is 16.4. The minimum absolute atomic E-state index is 0.0309.